The van der Waals surface area contributed by atoms with Gasteiger partial charge in [-0.3, -0.25) is 0 Å². The first-order valence-electron chi connectivity index (χ1n) is 6.19. The Hall–Kier alpha value is -0.130. The zero-order valence-electron chi connectivity index (χ0n) is 10.3. The molecule has 4 nitrogen and oxygen atoms in total. The summed E-state index contributed by atoms with van der Waals surface area (Å²) >= 11 is 0. The minimum atomic E-state index is -3.03. The lowest BCUT2D eigenvalue weighted by Crippen LogP contribution is -2.39. The highest BCUT2D eigenvalue weighted by molar-refractivity contribution is 7.88. The summed E-state index contributed by atoms with van der Waals surface area (Å²) < 4.78 is 24.2. The molecule has 0 spiro atoms. The number of nitrogens with one attached hydrogen (secondary N) is 2. The Bertz CT molecular complexity index is 290. The van der Waals surface area contributed by atoms with Crippen LogP contribution in [0.5, 0.6) is 0 Å². The monoisotopic (exact) mass is 248 g/mol. The Morgan fingerprint density at radius 1 is 1.25 bits per heavy atom. The van der Waals surface area contributed by atoms with Gasteiger partial charge in [0.2, 0.25) is 10.0 Å². The molecule has 1 fully saturated rings. The predicted octanol–water partition coefficient (Wildman–Crippen LogP) is 1.09. The molecule has 1 rings (SSSR count). The van der Waals surface area contributed by atoms with Gasteiger partial charge in [0.1, 0.15) is 0 Å². The van der Waals surface area contributed by atoms with Crippen molar-refractivity contribution in [3.63, 3.8) is 0 Å². The van der Waals surface area contributed by atoms with Crippen molar-refractivity contribution in [3.05, 3.63) is 0 Å². The highest BCUT2D eigenvalue weighted by Gasteiger charge is 2.19. The molecule has 0 saturated heterocycles. The molecule has 0 amide bonds. The van der Waals surface area contributed by atoms with Gasteiger partial charge in [-0.2, -0.15) is 0 Å². The van der Waals surface area contributed by atoms with Gasteiger partial charge >= 0.3 is 0 Å². The zero-order valence-corrected chi connectivity index (χ0v) is 11.1. The number of hydrogen-bond acceptors (Lipinski definition) is 3. The van der Waals surface area contributed by atoms with Gasteiger partial charge in [0, 0.05) is 19.1 Å². The fraction of sp³-hybridized carbons (Fsp3) is 1.00. The third-order valence-corrected chi connectivity index (χ3v) is 4.01. The summed E-state index contributed by atoms with van der Waals surface area (Å²) in [5.74, 6) is 0.856. The van der Waals surface area contributed by atoms with Gasteiger partial charge in [-0.15, -0.1) is 0 Å². The maximum atomic E-state index is 10.8. The molecule has 96 valence electrons. The average Bonchev–Trinajstić information content (AvgIpc) is 2.23. The van der Waals surface area contributed by atoms with E-state index in [9.17, 15) is 8.42 Å². The minimum absolute atomic E-state index is 0.492. The van der Waals surface area contributed by atoms with E-state index in [-0.39, 0.29) is 0 Å². The van der Waals surface area contributed by atoms with Crippen LogP contribution in [0.1, 0.15) is 39.0 Å². The third kappa shape index (κ3) is 5.82. The smallest absolute Gasteiger partial charge is 0.208 e. The lowest BCUT2D eigenvalue weighted by Gasteiger charge is -2.29. The van der Waals surface area contributed by atoms with E-state index in [1.54, 1.807) is 0 Å². The van der Waals surface area contributed by atoms with Crippen LogP contribution < -0.4 is 10.0 Å². The summed E-state index contributed by atoms with van der Waals surface area (Å²) in [5.41, 5.74) is 0. The van der Waals surface area contributed by atoms with Crippen LogP contribution in [0.15, 0.2) is 0 Å². The fourth-order valence-electron chi connectivity index (χ4n) is 2.36. The van der Waals surface area contributed by atoms with Crippen molar-refractivity contribution in [2.45, 2.75) is 45.1 Å². The van der Waals surface area contributed by atoms with E-state index in [0.717, 1.165) is 12.5 Å². The summed E-state index contributed by atoms with van der Waals surface area (Å²) in [4.78, 5) is 0. The van der Waals surface area contributed by atoms with Gasteiger partial charge in [0.25, 0.3) is 0 Å². The van der Waals surface area contributed by atoms with Gasteiger partial charge in [-0.25, -0.2) is 13.1 Å². The Balaban J connectivity index is 2.13. The molecular formula is C11H24N2O2S. The van der Waals surface area contributed by atoms with E-state index >= 15 is 0 Å². The molecule has 0 radical (unpaired) electrons. The molecule has 0 heterocycles. The summed E-state index contributed by atoms with van der Waals surface area (Å²) in [7, 11) is -3.03. The van der Waals surface area contributed by atoms with E-state index in [1.807, 2.05) is 0 Å². The average molecular weight is 248 g/mol. The van der Waals surface area contributed by atoms with Crippen molar-refractivity contribution in [2.75, 3.05) is 19.3 Å². The third-order valence-electron chi connectivity index (χ3n) is 3.28. The molecule has 0 aliphatic heterocycles. The Morgan fingerprint density at radius 2 is 2.00 bits per heavy atom. The van der Waals surface area contributed by atoms with Crippen molar-refractivity contribution in [1.29, 1.82) is 0 Å². The van der Waals surface area contributed by atoms with Gasteiger partial charge < -0.3 is 5.32 Å². The molecule has 2 atom stereocenters. The lowest BCUT2D eigenvalue weighted by molar-refractivity contribution is 0.280. The summed E-state index contributed by atoms with van der Waals surface area (Å²) in [6, 6.07) is 0.583. The quantitative estimate of drug-likeness (QED) is 0.692. The van der Waals surface area contributed by atoms with Crippen LogP contribution in [0.3, 0.4) is 0 Å². The Labute approximate surface area is 99.2 Å². The largest absolute Gasteiger partial charge is 0.313 e. The van der Waals surface area contributed by atoms with Crippen molar-refractivity contribution in [3.8, 4) is 0 Å². The molecule has 1 aliphatic carbocycles. The summed E-state index contributed by atoms with van der Waals surface area (Å²) in [5, 5.41) is 3.43. The maximum absolute atomic E-state index is 10.8. The first-order valence-corrected chi connectivity index (χ1v) is 8.08. The van der Waals surface area contributed by atoms with Crippen molar-refractivity contribution >= 4 is 10.0 Å². The zero-order chi connectivity index (χ0) is 12.0. The lowest BCUT2D eigenvalue weighted by atomic mass is 9.84. The molecule has 16 heavy (non-hydrogen) atoms. The molecule has 1 saturated carbocycles. The van der Waals surface area contributed by atoms with E-state index in [0.29, 0.717) is 12.6 Å². The second-order valence-corrected chi connectivity index (χ2v) is 6.59. The number of sulfonamides is 1. The van der Waals surface area contributed by atoms with Gasteiger partial charge in [0.05, 0.1) is 6.26 Å². The minimum Gasteiger partial charge on any atom is -0.313 e. The van der Waals surface area contributed by atoms with Crippen LogP contribution >= 0.6 is 0 Å². The second-order valence-electron chi connectivity index (χ2n) is 4.76. The predicted molar refractivity (Wildman–Crippen MR) is 66.9 cm³/mol. The van der Waals surface area contributed by atoms with E-state index in [1.165, 1.54) is 38.4 Å². The normalized spacial score (nSPS) is 26.9. The van der Waals surface area contributed by atoms with Crippen LogP contribution in [-0.2, 0) is 10.0 Å². The molecule has 5 heteroatoms. The second kappa shape index (κ2) is 6.57. The molecule has 0 aromatic carbocycles. The molecular weight excluding hydrogens is 224 g/mol. The van der Waals surface area contributed by atoms with Crippen LogP contribution in [0.25, 0.3) is 0 Å². The highest BCUT2D eigenvalue weighted by Crippen LogP contribution is 2.26. The van der Waals surface area contributed by atoms with Crippen molar-refractivity contribution in [1.82, 2.24) is 10.0 Å². The first-order chi connectivity index (χ1) is 7.51. The molecule has 2 unspecified atom stereocenters. The Kier molecular flexibility index (Phi) is 5.72. The van der Waals surface area contributed by atoms with Crippen molar-refractivity contribution < 1.29 is 8.42 Å². The molecule has 0 aromatic heterocycles. The topological polar surface area (TPSA) is 58.2 Å². The number of hydrogen-bond donors (Lipinski definition) is 2. The van der Waals surface area contributed by atoms with E-state index in [2.05, 4.69) is 17.0 Å². The molecule has 0 aromatic rings. The fourth-order valence-corrected chi connectivity index (χ4v) is 2.83. The van der Waals surface area contributed by atoms with Gasteiger partial charge in [-0.1, -0.05) is 26.2 Å². The highest BCUT2D eigenvalue weighted by atomic mass is 32.2. The van der Waals surface area contributed by atoms with E-state index in [4.69, 9.17) is 0 Å². The van der Waals surface area contributed by atoms with Crippen molar-refractivity contribution in [2.24, 2.45) is 5.92 Å². The van der Waals surface area contributed by atoms with Crippen LogP contribution in [0.4, 0.5) is 0 Å². The molecule has 1 aliphatic rings. The Morgan fingerprint density at radius 3 is 2.62 bits per heavy atom. The SMILES string of the molecule is CCC1CCCC(NCCNS(C)(=O)=O)C1. The van der Waals surface area contributed by atoms with Crippen LogP contribution in [-0.4, -0.2) is 33.8 Å². The summed E-state index contributed by atoms with van der Waals surface area (Å²) in [6.45, 7) is 3.47. The maximum Gasteiger partial charge on any atom is 0.208 e. The number of rotatable bonds is 6. The molecule has 2 N–H and O–H groups in total. The summed E-state index contributed by atoms with van der Waals surface area (Å²) in [6.07, 6.45) is 7.59. The first kappa shape index (κ1) is 13.9. The van der Waals surface area contributed by atoms with Gasteiger partial charge in [0.15, 0.2) is 0 Å². The molecule has 0 bridgehead atoms. The standard InChI is InChI=1S/C11H24N2O2S/c1-3-10-5-4-6-11(9-10)12-7-8-13-16(2,14)15/h10-13H,3-9H2,1-2H3. The van der Waals surface area contributed by atoms with Crippen LogP contribution in [0.2, 0.25) is 0 Å². The van der Waals surface area contributed by atoms with E-state index < -0.39 is 10.0 Å². The van der Waals surface area contributed by atoms with Crippen LogP contribution in [0, 0.1) is 5.92 Å². The van der Waals surface area contributed by atoms with Gasteiger partial charge in [-0.05, 0) is 18.8 Å².